The fourth-order valence-electron chi connectivity index (χ4n) is 3.71. The second kappa shape index (κ2) is 8.54. The third-order valence-corrected chi connectivity index (χ3v) is 5.47. The highest BCUT2D eigenvalue weighted by molar-refractivity contribution is 5.97. The molecule has 0 bridgehead atoms. The van der Waals surface area contributed by atoms with Crippen LogP contribution in [0.3, 0.4) is 0 Å². The van der Waals surface area contributed by atoms with Crippen LogP contribution in [0.15, 0.2) is 24.3 Å². The number of likely N-dealkylation sites (N-methyl/N-ethyl adjacent to an activating group) is 1. The molecule has 6 heteroatoms. The van der Waals surface area contributed by atoms with E-state index in [1.165, 1.54) is 11.3 Å². The quantitative estimate of drug-likeness (QED) is 0.759. The first-order valence-electron chi connectivity index (χ1n) is 9.66. The number of carbonyl (C=O) groups excluding carboxylic acids is 2. The maximum absolute atomic E-state index is 12.5. The van der Waals surface area contributed by atoms with E-state index in [1.807, 2.05) is 9.80 Å². The molecule has 0 aliphatic carbocycles. The van der Waals surface area contributed by atoms with Gasteiger partial charge < -0.3 is 19.6 Å². The maximum atomic E-state index is 12.5. The van der Waals surface area contributed by atoms with Gasteiger partial charge in [-0.2, -0.15) is 0 Å². The van der Waals surface area contributed by atoms with Crippen LogP contribution in [0.1, 0.15) is 18.9 Å². The maximum Gasteiger partial charge on any atom is 0.232 e. The Morgan fingerprint density at radius 3 is 2.00 bits per heavy atom. The average molecular weight is 358 g/mol. The molecule has 1 aromatic carbocycles. The number of hydrogen-bond acceptors (Lipinski definition) is 4. The summed E-state index contributed by atoms with van der Waals surface area (Å²) in [4.78, 5) is 33.3. The third-order valence-electron chi connectivity index (χ3n) is 5.47. The van der Waals surface area contributed by atoms with E-state index < -0.39 is 0 Å². The monoisotopic (exact) mass is 358 g/mol. The lowest BCUT2D eigenvalue weighted by atomic mass is 10.2. The lowest BCUT2D eigenvalue weighted by Gasteiger charge is -2.37. The number of rotatable bonds is 4. The predicted molar refractivity (Wildman–Crippen MR) is 103 cm³/mol. The predicted octanol–water partition coefficient (Wildman–Crippen LogP) is 1.20. The molecule has 2 heterocycles. The van der Waals surface area contributed by atoms with E-state index in [2.05, 4.69) is 47.9 Å². The van der Waals surface area contributed by atoms with Gasteiger partial charge in [0.05, 0.1) is 0 Å². The molecule has 0 aromatic heterocycles. The average Bonchev–Trinajstić information content (AvgIpc) is 2.68. The van der Waals surface area contributed by atoms with Gasteiger partial charge >= 0.3 is 0 Å². The molecule has 0 N–H and O–H groups in total. The third kappa shape index (κ3) is 4.55. The van der Waals surface area contributed by atoms with Gasteiger partial charge in [-0.3, -0.25) is 9.59 Å². The standard InChI is InChI=1S/C20H30N4O2/c1-3-21-7-9-23(10-8-21)19(25)16-20(26)24-13-11-22(12-14-24)18-6-4-5-17(2)15-18/h4-6,15H,3,7-14,16H2,1-2H3. The molecule has 6 nitrogen and oxygen atoms in total. The summed E-state index contributed by atoms with van der Waals surface area (Å²) >= 11 is 0. The summed E-state index contributed by atoms with van der Waals surface area (Å²) in [6.45, 7) is 11.5. The van der Waals surface area contributed by atoms with Crippen molar-refractivity contribution in [3.63, 3.8) is 0 Å². The van der Waals surface area contributed by atoms with Crippen molar-refractivity contribution in [1.82, 2.24) is 14.7 Å². The van der Waals surface area contributed by atoms with Crippen molar-refractivity contribution >= 4 is 17.5 Å². The summed E-state index contributed by atoms with van der Waals surface area (Å²) in [7, 11) is 0. The van der Waals surface area contributed by atoms with Gasteiger partial charge in [0.1, 0.15) is 6.42 Å². The van der Waals surface area contributed by atoms with Crippen LogP contribution in [-0.2, 0) is 9.59 Å². The fourth-order valence-corrected chi connectivity index (χ4v) is 3.71. The van der Waals surface area contributed by atoms with Crippen molar-refractivity contribution < 1.29 is 9.59 Å². The largest absolute Gasteiger partial charge is 0.368 e. The van der Waals surface area contributed by atoms with Crippen molar-refractivity contribution in [2.45, 2.75) is 20.3 Å². The number of carbonyl (C=O) groups is 2. The molecule has 1 aromatic rings. The second-order valence-electron chi connectivity index (χ2n) is 7.20. The van der Waals surface area contributed by atoms with E-state index in [1.54, 1.807) is 0 Å². The minimum Gasteiger partial charge on any atom is -0.368 e. The number of piperazine rings is 2. The molecular formula is C20H30N4O2. The van der Waals surface area contributed by atoms with Gasteiger partial charge in [0.2, 0.25) is 11.8 Å². The van der Waals surface area contributed by atoms with Crippen LogP contribution in [0.25, 0.3) is 0 Å². The topological polar surface area (TPSA) is 47.1 Å². The molecule has 142 valence electrons. The van der Waals surface area contributed by atoms with E-state index in [-0.39, 0.29) is 18.2 Å². The summed E-state index contributed by atoms with van der Waals surface area (Å²) in [5.41, 5.74) is 2.46. The van der Waals surface area contributed by atoms with Crippen LogP contribution in [0.4, 0.5) is 5.69 Å². The molecule has 2 fully saturated rings. The molecular weight excluding hydrogens is 328 g/mol. The van der Waals surface area contributed by atoms with Crippen molar-refractivity contribution in [3.05, 3.63) is 29.8 Å². The molecule has 2 amide bonds. The van der Waals surface area contributed by atoms with Crippen molar-refractivity contribution in [2.24, 2.45) is 0 Å². The summed E-state index contributed by atoms with van der Waals surface area (Å²) in [5.74, 6) is -0.0521. The molecule has 0 radical (unpaired) electrons. The van der Waals surface area contributed by atoms with Gasteiger partial charge in [-0.1, -0.05) is 19.1 Å². The summed E-state index contributed by atoms with van der Waals surface area (Å²) < 4.78 is 0. The lowest BCUT2D eigenvalue weighted by Crippen LogP contribution is -2.52. The highest BCUT2D eigenvalue weighted by Gasteiger charge is 2.26. The van der Waals surface area contributed by atoms with E-state index >= 15 is 0 Å². The highest BCUT2D eigenvalue weighted by atomic mass is 16.2. The molecule has 2 aliphatic rings. The van der Waals surface area contributed by atoms with Crippen LogP contribution in [0, 0.1) is 6.92 Å². The van der Waals surface area contributed by atoms with E-state index in [9.17, 15) is 9.59 Å². The minimum atomic E-state index is -0.0307. The van der Waals surface area contributed by atoms with Crippen LogP contribution >= 0.6 is 0 Å². The zero-order chi connectivity index (χ0) is 18.5. The van der Waals surface area contributed by atoms with Gasteiger partial charge in [-0.05, 0) is 31.2 Å². The molecule has 0 atom stereocenters. The Kier molecular flexibility index (Phi) is 6.14. The number of hydrogen-bond donors (Lipinski definition) is 0. The first kappa shape index (κ1) is 18.7. The summed E-state index contributed by atoms with van der Waals surface area (Å²) in [6.07, 6.45) is 0.0105. The number of benzene rings is 1. The van der Waals surface area contributed by atoms with E-state index in [0.717, 1.165) is 45.8 Å². The number of amides is 2. The van der Waals surface area contributed by atoms with Crippen LogP contribution in [0.2, 0.25) is 0 Å². The van der Waals surface area contributed by atoms with E-state index in [4.69, 9.17) is 0 Å². The van der Waals surface area contributed by atoms with E-state index in [0.29, 0.717) is 13.1 Å². The zero-order valence-corrected chi connectivity index (χ0v) is 16.0. The molecule has 2 saturated heterocycles. The van der Waals surface area contributed by atoms with Gasteiger partial charge in [0.25, 0.3) is 0 Å². The van der Waals surface area contributed by atoms with Crippen molar-refractivity contribution in [3.8, 4) is 0 Å². The molecule has 0 unspecified atom stereocenters. The summed E-state index contributed by atoms with van der Waals surface area (Å²) in [5, 5.41) is 0. The highest BCUT2D eigenvalue weighted by Crippen LogP contribution is 2.18. The van der Waals surface area contributed by atoms with Gasteiger partial charge in [-0.25, -0.2) is 0 Å². The smallest absolute Gasteiger partial charge is 0.232 e. The van der Waals surface area contributed by atoms with Gasteiger partial charge in [0.15, 0.2) is 0 Å². The first-order chi connectivity index (χ1) is 12.6. The number of aryl methyl sites for hydroxylation is 1. The first-order valence-corrected chi connectivity index (χ1v) is 9.66. The molecule has 3 rings (SSSR count). The van der Waals surface area contributed by atoms with Crippen LogP contribution in [0.5, 0.6) is 0 Å². The van der Waals surface area contributed by atoms with Gasteiger partial charge in [-0.15, -0.1) is 0 Å². The number of anilines is 1. The fraction of sp³-hybridized carbons (Fsp3) is 0.600. The van der Waals surface area contributed by atoms with Crippen molar-refractivity contribution in [1.29, 1.82) is 0 Å². The zero-order valence-electron chi connectivity index (χ0n) is 16.0. The second-order valence-corrected chi connectivity index (χ2v) is 7.20. The number of nitrogens with zero attached hydrogens (tertiary/aromatic N) is 4. The Morgan fingerprint density at radius 1 is 0.885 bits per heavy atom. The normalized spacial score (nSPS) is 18.9. The molecule has 26 heavy (non-hydrogen) atoms. The Morgan fingerprint density at radius 2 is 1.46 bits per heavy atom. The Hall–Kier alpha value is -2.08. The van der Waals surface area contributed by atoms with Gasteiger partial charge in [0, 0.05) is 58.0 Å². The van der Waals surface area contributed by atoms with Crippen LogP contribution in [-0.4, -0.2) is 85.4 Å². The minimum absolute atomic E-state index is 0.0105. The Bertz CT molecular complexity index is 632. The van der Waals surface area contributed by atoms with Crippen LogP contribution < -0.4 is 4.90 Å². The molecule has 0 spiro atoms. The SMILES string of the molecule is CCN1CCN(C(=O)CC(=O)N2CCN(c3cccc(C)c3)CC2)CC1. The summed E-state index contributed by atoms with van der Waals surface area (Å²) in [6, 6.07) is 8.45. The van der Waals surface area contributed by atoms with Crippen molar-refractivity contribution in [2.75, 3.05) is 63.8 Å². The Labute approximate surface area is 156 Å². The molecule has 0 saturated carbocycles. The molecule has 2 aliphatic heterocycles. The Balaban J connectivity index is 1.45. The lowest BCUT2D eigenvalue weighted by molar-refractivity contribution is -0.141.